The summed E-state index contributed by atoms with van der Waals surface area (Å²) in [5, 5.41) is 0. The van der Waals surface area contributed by atoms with E-state index in [9.17, 15) is 0 Å². The summed E-state index contributed by atoms with van der Waals surface area (Å²) in [6.45, 7) is 2.40. The topological polar surface area (TPSA) is 38.5 Å². The molecule has 3 heteroatoms. The average molecular weight is 288 g/mol. The summed E-state index contributed by atoms with van der Waals surface area (Å²) < 4.78 is 5.35. The molecule has 2 N–H and O–H groups in total. The van der Waals surface area contributed by atoms with Crippen molar-refractivity contribution in [3.63, 3.8) is 0 Å². The number of hydrogen-bond acceptors (Lipinski definition) is 3. The number of nitrogens with zero attached hydrogens (tertiary/aromatic N) is 1. The highest BCUT2D eigenvalue weighted by Gasteiger charge is 2.37. The first-order chi connectivity index (χ1) is 10.1. The smallest absolute Gasteiger partial charge is 0.119 e. The number of likely N-dealkylation sites (N-methyl/N-ethyl adjacent to an activating group) is 1. The van der Waals surface area contributed by atoms with E-state index < -0.39 is 0 Å². The third-order valence-electron chi connectivity index (χ3n) is 5.67. The molecule has 0 amide bonds. The van der Waals surface area contributed by atoms with Crippen LogP contribution in [0.2, 0.25) is 0 Å². The summed E-state index contributed by atoms with van der Waals surface area (Å²) in [6.07, 6.45) is 6.50. The first kappa shape index (κ1) is 14.9. The second-order valence-electron chi connectivity index (χ2n) is 6.86. The van der Waals surface area contributed by atoms with Crippen LogP contribution in [0.15, 0.2) is 18.2 Å². The summed E-state index contributed by atoms with van der Waals surface area (Å²) in [5.41, 5.74) is 9.24. The highest BCUT2D eigenvalue weighted by Crippen LogP contribution is 2.38. The monoisotopic (exact) mass is 288 g/mol. The highest BCUT2D eigenvalue weighted by molar-refractivity contribution is 5.42. The Labute approximate surface area is 128 Å². The number of fused-ring (bicyclic) bond motifs is 1. The zero-order valence-corrected chi connectivity index (χ0v) is 13.5. The Morgan fingerprint density at radius 1 is 1.19 bits per heavy atom. The van der Waals surface area contributed by atoms with Gasteiger partial charge in [-0.2, -0.15) is 0 Å². The van der Waals surface area contributed by atoms with Crippen molar-refractivity contribution >= 4 is 0 Å². The Balaban J connectivity index is 1.78. The normalized spacial score (nSPS) is 32.2. The molecule has 3 nitrogen and oxygen atoms in total. The van der Waals surface area contributed by atoms with Crippen molar-refractivity contribution < 1.29 is 4.74 Å². The Morgan fingerprint density at radius 2 is 1.95 bits per heavy atom. The molecule has 0 bridgehead atoms. The number of nitrogens with two attached hydrogens (primary N) is 1. The minimum absolute atomic E-state index is 0.106. The number of benzene rings is 1. The van der Waals surface area contributed by atoms with E-state index in [1.54, 1.807) is 7.11 Å². The molecule has 1 aromatic rings. The van der Waals surface area contributed by atoms with Gasteiger partial charge in [0, 0.05) is 18.1 Å². The zero-order chi connectivity index (χ0) is 15.0. The lowest BCUT2D eigenvalue weighted by Crippen LogP contribution is -2.48. The van der Waals surface area contributed by atoms with Gasteiger partial charge < -0.3 is 10.5 Å². The van der Waals surface area contributed by atoms with Crippen LogP contribution in [-0.2, 0) is 6.42 Å². The van der Waals surface area contributed by atoms with E-state index >= 15 is 0 Å². The Bertz CT molecular complexity index is 502. The molecule has 116 valence electrons. The van der Waals surface area contributed by atoms with Gasteiger partial charge in [-0.05, 0) is 55.5 Å². The van der Waals surface area contributed by atoms with Gasteiger partial charge in [0.05, 0.1) is 7.11 Å². The Hall–Kier alpha value is -1.06. The van der Waals surface area contributed by atoms with Crippen molar-refractivity contribution in [3.05, 3.63) is 29.3 Å². The predicted octanol–water partition coefficient (Wildman–Crippen LogP) is 3.13. The van der Waals surface area contributed by atoms with Gasteiger partial charge in [-0.25, -0.2) is 0 Å². The van der Waals surface area contributed by atoms with Crippen molar-refractivity contribution in [2.45, 2.75) is 57.2 Å². The van der Waals surface area contributed by atoms with E-state index in [-0.39, 0.29) is 6.04 Å². The molecule has 0 heterocycles. The summed E-state index contributed by atoms with van der Waals surface area (Å²) in [6, 6.07) is 7.58. The number of hydrogen-bond donors (Lipinski definition) is 1. The largest absolute Gasteiger partial charge is 0.497 e. The van der Waals surface area contributed by atoms with Gasteiger partial charge in [-0.15, -0.1) is 0 Å². The quantitative estimate of drug-likeness (QED) is 0.928. The fraction of sp³-hybridized carbons (Fsp3) is 0.667. The molecule has 2 aliphatic carbocycles. The summed E-state index contributed by atoms with van der Waals surface area (Å²) in [7, 11) is 4.00. The van der Waals surface area contributed by atoms with E-state index in [2.05, 4.69) is 37.1 Å². The molecular weight excluding hydrogens is 260 g/mol. The molecule has 2 aliphatic rings. The van der Waals surface area contributed by atoms with Crippen LogP contribution in [0.4, 0.5) is 0 Å². The van der Waals surface area contributed by atoms with E-state index in [4.69, 9.17) is 10.5 Å². The lowest BCUT2D eigenvalue weighted by molar-refractivity contribution is 0.0889. The molecule has 0 spiro atoms. The van der Waals surface area contributed by atoms with Gasteiger partial charge in [0.25, 0.3) is 0 Å². The molecule has 0 aliphatic heterocycles. The van der Waals surface area contributed by atoms with E-state index in [0.717, 1.165) is 18.1 Å². The molecule has 3 rings (SSSR count). The SMILES string of the molecule is COc1ccc2c(c1)C(N)C(N(C)C1CCCCC1C)C2. The maximum Gasteiger partial charge on any atom is 0.119 e. The molecule has 1 aromatic carbocycles. The third-order valence-corrected chi connectivity index (χ3v) is 5.67. The molecule has 1 fully saturated rings. The van der Waals surface area contributed by atoms with Gasteiger partial charge in [0.15, 0.2) is 0 Å². The van der Waals surface area contributed by atoms with Gasteiger partial charge >= 0.3 is 0 Å². The van der Waals surface area contributed by atoms with Crippen molar-refractivity contribution in [1.82, 2.24) is 4.90 Å². The summed E-state index contributed by atoms with van der Waals surface area (Å²) in [4.78, 5) is 2.57. The summed E-state index contributed by atoms with van der Waals surface area (Å²) in [5.74, 6) is 1.70. The molecule has 4 atom stereocenters. The van der Waals surface area contributed by atoms with Crippen LogP contribution < -0.4 is 10.5 Å². The third kappa shape index (κ3) is 2.69. The Morgan fingerprint density at radius 3 is 2.67 bits per heavy atom. The van der Waals surface area contributed by atoms with E-state index in [0.29, 0.717) is 12.1 Å². The van der Waals surface area contributed by atoms with Crippen molar-refractivity contribution in [3.8, 4) is 5.75 Å². The van der Waals surface area contributed by atoms with Crippen LogP contribution >= 0.6 is 0 Å². The summed E-state index contributed by atoms with van der Waals surface area (Å²) >= 11 is 0. The maximum absolute atomic E-state index is 6.57. The fourth-order valence-corrected chi connectivity index (χ4v) is 4.30. The first-order valence-electron chi connectivity index (χ1n) is 8.26. The van der Waals surface area contributed by atoms with Gasteiger partial charge in [-0.1, -0.05) is 25.8 Å². The second kappa shape index (κ2) is 5.98. The van der Waals surface area contributed by atoms with Crippen molar-refractivity contribution in [2.75, 3.05) is 14.2 Å². The second-order valence-corrected chi connectivity index (χ2v) is 6.86. The zero-order valence-electron chi connectivity index (χ0n) is 13.5. The minimum atomic E-state index is 0.106. The molecule has 0 saturated heterocycles. The molecule has 0 aromatic heterocycles. The van der Waals surface area contributed by atoms with Crippen LogP contribution in [0, 0.1) is 5.92 Å². The molecule has 4 unspecified atom stereocenters. The highest BCUT2D eigenvalue weighted by atomic mass is 16.5. The molecule has 0 radical (unpaired) electrons. The van der Waals surface area contributed by atoms with Crippen LogP contribution in [0.5, 0.6) is 5.75 Å². The van der Waals surface area contributed by atoms with Gasteiger partial charge in [-0.3, -0.25) is 4.90 Å². The lowest BCUT2D eigenvalue weighted by Gasteiger charge is -2.41. The number of rotatable bonds is 3. The minimum Gasteiger partial charge on any atom is -0.497 e. The van der Waals surface area contributed by atoms with Crippen LogP contribution in [0.25, 0.3) is 0 Å². The molecular formula is C18H28N2O. The first-order valence-corrected chi connectivity index (χ1v) is 8.26. The van der Waals surface area contributed by atoms with Crippen LogP contribution in [0.1, 0.15) is 49.8 Å². The molecule has 1 saturated carbocycles. The fourth-order valence-electron chi connectivity index (χ4n) is 4.30. The van der Waals surface area contributed by atoms with E-state index in [1.165, 1.54) is 36.8 Å². The van der Waals surface area contributed by atoms with Gasteiger partial charge in [0.1, 0.15) is 5.75 Å². The van der Waals surface area contributed by atoms with Gasteiger partial charge in [0.2, 0.25) is 0 Å². The average Bonchev–Trinajstić information content (AvgIpc) is 2.83. The Kier molecular flexibility index (Phi) is 4.23. The maximum atomic E-state index is 6.57. The van der Waals surface area contributed by atoms with Crippen molar-refractivity contribution in [1.29, 1.82) is 0 Å². The number of ether oxygens (including phenoxy) is 1. The van der Waals surface area contributed by atoms with E-state index in [1.807, 2.05) is 0 Å². The number of methoxy groups -OCH3 is 1. The lowest BCUT2D eigenvalue weighted by atomic mass is 9.84. The van der Waals surface area contributed by atoms with Crippen LogP contribution in [0.3, 0.4) is 0 Å². The van der Waals surface area contributed by atoms with Crippen molar-refractivity contribution in [2.24, 2.45) is 11.7 Å². The molecule has 21 heavy (non-hydrogen) atoms. The standard InChI is InChI=1S/C18H28N2O/c1-12-6-4-5-7-16(12)20(2)17-10-13-8-9-14(21-3)11-15(13)18(17)19/h8-9,11-12,16-18H,4-7,10,19H2,1-3H3. The van der Waals surface area contributed by atoms with Crippen LogP contribution in [-0.4, -0.2) is 31.1 Å². The predicted molar refractivity (Wildman–Crippen MR) is 86.6 cm³/mol.